The van der Waals surface area contributed by atoms with E-state index in [0.717, 1.165) is 18.4 Å². The highest BCUT2D eigenvalue weighted by atomic mass is 16.5. The number of rotatable bonds is 5. The lowest BCUT2D eigenvalue weighted by atomic mass is 9.77. The first-order chi connectivity index (χ1) is 8.80. The molecule has 0 spiro atoms. The first-order valence-electron chi connectivity index (χ1n) is 7.97. The molecule has 0 aromatic rings. The van der Waals surface area contributed by atoms with Gasteiger partial charge in [0.1, 0.15) is 0 Å². The Labute approximate surface area is 117 Å². The van der Waals surface area contributed by atoms with Crippen molar-refractivity contribution in [3.05, 3.63) is 0 Å². The molecule has 1 atom stereocenters. The van der Waals surface area contributed by atoms with E-state index >= 15 is 0 Å². The Morgan fingerprint density at radius 1 is 1.11 bits per heavy atom. The first kappa shape index (κ1) is 13.8. The van der Waals surface area contributed by atoms with Crippen LogP contribution in [0.1, 0.15) is 59.8 Å². The number of nitrogens with zero attached hydrogens (tertiary/aromatic N) is 1. The van der Waals surface area contributed by atoms with Crippen LogP contribution < -0.4 is 5.73 Å². The Morgan fingerprint density at radius 3 is 2.11 bits per heavy atom. The largest absolute Gasteiger partial charge is 0.368 e. The maximum Gasteiger partial charge on any atom is 0.0830 e. The summed E-state index contributed by atoms with van der Waals surface area (Å²) < 4.78 is 6.38. The van der Waals surface area contributed by atoms with Crippen LogP contribution in [0, 0.1) is 5.92 Å². The molecule has 1 heterocycles. The summed E-state index contributed by atoms with van der Waals surface area (Å²) in [6.45, 7) is 10.9. The van der Waals surface area contributed by atoms with Crippen molar-refractivity contribution in [1.82, 2.24) is 4.90 Å². The molecule has 1 aliphatic heterocycles. The fraction of sp³-hybridized carbons (Fsp3) is 1.00. The molecule has 3 rings (SSSR count). The quantitative estimate of drug-likeness (QED) is 0.831. The monoisotopic (exact) mass is 266 g/mol. The van der Waals surface area contributed by atoms with Gasteiger partial charge in [-0.2, -0.15) is 0 Å². The molecule has 0 radical (unpaired) electrons. The van der Waals surface area contributed by atoms with Crippen LogP contribution in [0.25, 0.3) is 0 Å². The highest BCUT2D eigenvalue weighted by molar-refractivity contribution is 5.16. The molecule has 2 saturated carbocycles. The molecule has 3 aliphatic rings. The first-order valence-corrected chi connectivity index (χ1v) is 7.97. The van der Waals surface area contributed by atoms with Crippen molar-refractivity contribution >= 4 is 0 Å². The molecule has 0 aromatic heterocycles. The van der Waals surface area contributed by atoms with Crippen molar-refractivity contribution in [2.75, 3.05) is 13.1 Å². The highest BCUT2D eigenvalue weighted by Crippen LogP contribution is 2.52. The Hall–Kier alpha value is -0.120. The van der Waals surface area contributed by atoms with Gasteiger partial charge in [0, 0.05) is 19.1 Å². The van der Waals surface area contributed by atoms with Gasteiger partial charge in [0.15, 0.2) is 0 Å². The summed E-state index contributed by atoms with van der Waals surface area (Å²) in [7, 11) is 0. The van der Waals surface area contributed by atoms with E-state index in [1.807, 2.05) is 0 Å². The molecule has 3 nitrogen and oxygen atoms in total. The number of hydrogen-bond acceptors (Lipinski definition) is 3. The third-order valence-electron chi connectivity index (χ3n) is 5.40. The molecule has 1 unspecified atom stereocenters. The van der Waals surface area contributed by atoms with Crippen molar-refractivity contribution in [2.45, 2.75) is 82.6 Å². The van der Waals surface area contributed by atoms with Crippen molar-refractivity contribution in [3.8, 4) is 0 Å². The smallest absolute Gasteiger partial charge is 0.0830 e. The predicted molar refractivity (Wildman–Crippen MR) is 78.1 cm³/mol. The van der Waals surface area contributed by atoms with Crippen LogP contribution in [0.5, 0.6) is 0 Å². The van der Waals surface area contributed by atoms with Crippen LogP contribution in [0.2, 0.25) is 0 Å². The number of hydrogen-bond donors (Lipinski definition) is 1. The zero-order valence-corrected chi connectivity index (χ0v) is 13.0. The minimum Gasteiger partial charge on any atom is -0.368 e. The van der Waals surface area contributed by atoms with Gasteiger partial charge < -0.3 is 10.5 Å². The van der Waals surface area contributed by atoms with E-state index in [0.29, 0.717) is 6.54 Å². The lowest BCUT2D eigenvalue weighted by Gasteiger charge is -2.48. The SMILES string of the molecule is CC1(C)CC(CN)(N(CC2CC2)C2CC2)C(C)(C)O1. The van der Waals surface area contributed by atoms with Gasteiger partial charge in [0.05, 0.1) is 16.7 Å². The van der Waals surface area contributed by atoms with Gasteiger partial charge in [0.2, 0.25) is 0 Å². The zero-order chi connectivity index (χ0) is 13.9. The van der Waals surface area contributed by atoms with Gasteiger partial charge in [-0.1, -0.05) is 0 Å². The van der Waals surface area contributed by atoms with Gasteiger partial charge in [-0.25, -0.2) is 0 Å². The van der Waals surface area contributed by atoms with Crippen molar-refractivity contribution in [2.24, 2.45) is 11.7 Å². The van der Waals surface area contributed by atoms with Crippen LogP contribution in [0.4, 0.5) is 0 Å². The van der Waals surface area contributed by atoms with E-state index in [1.165, 1.54) is 32.2 Å². The van der Waals surface area contributed by atoms with Gasteiger partial charge >= 0.3 is 0 Å². The summed E-state index contributed by atoms with van der Waals surface area (Å²) in [5, 5.41) is 0. The normalized spacial score (nSPS) is 36.9. The molecule has 0 amide bonds. The van der Waals surface area contributed by atoms with Crippen molar-refractivity contribution in [3.63, 3.8) is 0 Å². The molecule has 19 heavy (non-hydrogen) atoms. The maximum absolute atomic E-state index is 6.38. The molecular formula is C16H30N2O. The lowest BCUT2D eigenvalue weighted by molar-refractivity contribution is -0.106. The summed E-state index contributed by atoms with van der Waals surface area (Å²) >= 11 is 0. The van der Waals surface area contributed by atoms with Crippen LogP contribution in [0.3, 0.4) is 0 Å². The Morgan fingerprint density at radius 2 is 1.74 bits per heavy atom. The van der Waals surface area contributed by atoms with Gasteiger partial charge in [-0.05, 0) is 65.7 Å². The van der Waals surface area contributed by atoms with E-state index in [2.05, 4.69) is 32.6 Å². The summed E-state index contributed by atoms with van der Waals surface area (Å²) in [5.74, 6) is 0.920. The minimum atomic E-state index is -0.150. The van der Waals surface area contributed by atoms with Crippen LogP contribution in [0.15, 0.2) is 0 Å². The number of nitrogens with two attached hydrogens (primary N) is 1. The third kappa shape index (κ3) is 2.34. The van der Waals surface area contributed by atoms with Crippen LogP contribution in [-0.2, 0) is 4.74 Å². The van der Waals surface area contributed by atoms with Crippen molar-refractivity contribution < 1.29 is 4.74 Å². The van der Waals surface area contributed by atoms with Gasteiger partial charge in [-0.15, -0.1) is 0 Å². The van der Waals surface area contributed by atoms with Gasteiger partial charge in [-0.3, -0.25) is 4.90 Å². The van der Waals surface area contributed by atoms with Crippen molar-refractivity contribution in [1.29, 1.82) is 0 Å². The summed E-state index contributed by atoms with van der Waals surface area (Å²) in [6, 6.07) is 0.765. The van der Waals surface area contributed by atoms with E-state index in [-0.39, 0.29) is 16.7 Å². The topological polar surface area (TPSA) is 38.5 Å². The lowest BCUT2D eigenvalue weighted by Crippen LogP contribution is -2.64. The van der Waals surface area contributed by atoms with Crippen LogP contribution >= 0.6 is 0 Å². The van der Waals surface area contributed by atoms with E-state index in [9.17, 15) is 0 Å². The Bertz CT molecular complexity index is 358. The fourth-order valence-electron chi connectivity index (χ4n) is 4.26. The van der Waals surface area contributed by atoms with Gasteiger partial charge in [0.25, 0.3) is 0 Å². The molecule has 3 heteroatoms. The molecule has 1 saturated heterocycles. The second-order valence-electron chi connectivity index (χ2n) is 8.11. The molecular weight excluding hydrogens is 236 g/mol. The molecule has 0 bridgehead atoms. The molecule has 0 aromatic carbocycles. The zero-order valence-electron chi connectivity index (χ0n) is 13.0. The van der Waals surface area contributed by atoms with E-state index in [1.54, 1.807) is 0 Å². The average Bonchev–Trinajstić information content (AvgIpc) is 3.10. The third-order valence-corrected chi connectivity index (χ3v) is 5.40. The molecule has 110 valence electrons. The second-order valence-corrected chi connectivity index (χ2v) is 8.11. The van der Waals surface area contributed by atoms with E-state index in [4.69, 9.17) is 10.5 Å². The second kappa shape index (κ2) is 4.19. The molecule has 3 fully saturated rings. The summed E-state index contributed by atoms with van der Waals surface area (Å²) in [5.41, 5.74) is 6.13. The predicted octanol–water partition coefficient (Wildman–Crippen LogP) is 2.54. The minimum absolute atomic E-state index is 0.0280. The molecule has 2 N–H and O–H groups in total. The fourth-order valence-corrected chi connectivity index (χ4v) is 4.26. The van der Waals surface area contributed by atoms with Crippen LogP contribution in [-0.4, -0.2) is 40.8 Å². The maximum atomic E-state index is 6.38. The summed E-state index contributed by atoms with van der Waals surface area (Å²) in [4.78, 5) is 2.75. The number of ether oxygens (including phenoxy) is 1. The molecule has 2 aliphatic carbocycles. The Kier molecular flexibility index (Phi) is 3.05. The highest BCUT2D eigenvalue weighted by Gasteiger charge is 2.61. The summed E-state index contributed by atoms with van der Waals surface area (Å²) in [6.07, 6.45) is 6.59. The van der Waals surface area contributed by atoms with E-state index < -0.39 is 0 Å². The standard InChI is InChI=1S/C16H30N2O/c1-14(2)10-16(11-17,15(3,4)19-14)18(13-7-8-13)9-12-5-6-12/h12-13H,5-11,17H2,1-4H3. The average molecular weight is 266 g/mol. The Balaban J connectivity index is 1.90.